The highest BCUT2D eigenvalue weighted by atomic mass is 32.2. The minimum Gasteiger partial charge on any atom is -0.285 e. The van der Waals surface area contributed by atoms with Crippen LogP contribution in [0, 0.1) is 0 Å². The lowest BCUT2D eigenvalue weighted by molar-refractivity contribution is -0.304. The maximum atomic E-state index is 13.4. The molecule has 0 bridgehead atoms. The Kier molecular flexibility index (Phi) is 4.88. The van der Waals surface area contributed by atoms with E-state index in [1.54, 1.807) is 0 Å². The molecule has 0 aliphatic heterocycles. The van der Waals surface area contributed by atoms with Crippen LogP contribution in [0.5, 0.6) is 0 Å². The van der Waals surface area contributed by atoms with Crippen LogP contribution >= 0.6 is 0 Å². The SMILES string of the molecule is CCC(C(c1ccccc1)(C(F)(F)F)C(F)(F)F)S(=O)(=O)O. The van der Waals surface area contributed by atoms with Crippen LogP contribution in [0.15, 0.2) is 30.3 Å². The molecular formula is C12H12F6O3S. The third-order valence-electron chi connectivity index (χ3n) is 3.34. The van der Waals surface area contributed by atoms with Crippen molar-refractivity contribution in [3.8, 4) is 0 Å². The summed E-state index contributed by atoms with van der Waals surface area (Å²) < 4.78 is 112. The minimum atomic E-state index is -5.98. The second-order valence-corrected chi connectivity index (χ2v) is 6.18. The standard InChI is InChI=1S/C12H12F6O3S/c1-2-9(22(19,20)21)10(11(13,14)15,12(16,17)18)8-6-4-3-5-7-8/h3-7,9H,2H2,1H3,(H,19,20,21). The Balaban J connectivity index is 3.93. The molecule has 0 aromatic heterocycles. The van der Waals surface area contributed by atoms with Crippen molar-refractivity contribution in [3.05, 3.63) is 35.9 Å². The van der Waals surface area contributed by atoms with Crippen LogP contribution in [0.3, 0.4) is 0 Å². The summed E-state index contributed by atoms with van der Waals surface area (Å²) >= 11 is 0. The number of hydrogen-bond acceptors (Lipinski definition) is 2. The zero-order valence-electron chi connectivity index (χ0n) is 11.1. The fourth-order valence-corrected chi connectivity index (χ4v) is 3.75. The summed E-state index contributed by atoms with van der Waals surface area (Å²) in [4.78, 5) is 0. The van der Waals surface area contributed by atoms with Crippen LogP contribution in [0.1, 0.15) is 18.9 Å². The number of alkyl halides is 6. The molecular weight excluding hydrogens is 338 g/mol. The average molecular weight is 350 g/mol. The van der Waals surface area contributed by atoms with Gasteiger partial charge in [0.05, 0.1) is 0 Å². The molecule has 0 saturated heterocycles. The summed E-state index contributed by atoms with van der Waals surface area (Å²) in [5.41, 5.74) is -6.01. The van der Waals surface area contributed by atoms with Gasteiger partial charge in [-0.1, -0.05) is 37.3 Å². The van der Waals surface area contributed by atoms with Gasteiger partial charge in [-0.3, -0.25) is 4.55 Å². The molecule has 0 fully saturated rings. The quantitative estimate of drug-likeness (QED) is 0.665. The molecule has 0 amide bonds. The molecule has 22 heavy (non-hydrogen) atoms. The van der Waals surface area contributed by atoms with Crippen molar-refractivity contribution in [2.45, 2.75) is 36.4 Å². The number of hydrogen-bond donors (Lipinski definition) is 1. The minimum absolute atomic E-state index is 0.537. The van der Waals surface area contributed by atoms with Crippen molar-refractivity contribution in [3.63, 3.8) is 0 Å². The van der Waals surface area contributed by atoms with Crippen molar-refractivity contribution in [2.75, 3.05) is 0 Å². The number of benzene rings is 1. The van der Waals surface area contributed by atoms with Crippen molar-refractivity contribution in [1.29, 1.82) is 0 Å². The first-order valence-corrected chi connectivity index (χ1v) is 7.45. The molecule has 1 rings (SSSR count). The average Bonchev–Trinajstić information content (AvgIpc) is 2.31. The van der Waals surface area contributed by atoms with E-state index in [0.29, 0.717) is 12.1 Å². The largest absolute Gasteiger partial charge is 0.408 e. The van der Waals surface area contributed by atoms with E-state index in [4.69, 9.17) is 4.55 Å². The third kappa shape index (κ3) is 2.94. The Morgan fingerprint density at radius 2 is 1.41 bits per heavy atom. The molecule has 0 heterocycles. The van der Waals surface area contributed by atoms with Crippen LogP contribution in [0.25, 0.3) is 0 Å². The summed E-state index contributed by atoms with van der Waals surface area (Å²) in [5.74, 6) is 0. The summed E-state index contributed by atoms with van der Waals surface area (Å²) in [7, 11) is -5.63. The molecule has 1 aromatic rings. The van der Waals surface area contributed by atoms with Gasteiger partial charge in [0.25, 0.3) is 10.1 Å². The monoisotopic (exact) mass is 350 g/mol. The molecule has 0 aliphatic carbocycles. The fourth-order valence-electron chi connectivity index (χ4n) is 2.48. The van der Waals surface area contributed by atoms with E-state index < -0.39 is 45.1 Å². The molecule has 126 valence electrons. The van der Waals surface area contributed by atoms with Crippen LogP contribution in [-0.2, 0) is 15.5 Å². The molecule has 1 unspecified atom stereocenters. The van der Waals surface area contributed by atoms with Gasteiger partial charge in [0.2, 0.25) is 5.41 Å². The molecule has 0 saturated carbocycles. The van der Waals surface area contributed by atoms with Gasteiger partial charge in [-0.05, 0) is 12.0 Å². The molecule has 3 nitrogen and oxygen atoms in total. The zero-order chi connectivity index (χ0) is 17.4. The summed E-state index contributed by atoms with van der Waals surface area (Å²) in [5, 5.41) is -3.11. The fraction of sp³-hybridized carbons (Fsp3) is 0.500. The topological polar surface area (TPSA) is 54.4 Å². The second-order valence-electron chi connectivity index (χ2n) is 4.58. The lowest BCUT2D eigenvalue weighted by Crippen LogP contribution is -2.63. The predicted octanol–water partition coefficient (Wildman–Crippen LogP) is 3.72. The predicted molar refractivity (Wildman–Crippen MR) is 65.9 cm³/mol. The van der Waals surface area contributed by atoms with Gasteiger partial charge >= 0.3 is 12.4 Å². The lowest BCUT2D eigenvalue weighted by Gasteiger charge is -2.41. The zero-order valence-corrected chi connectivity index (χ0v) is 11.9. The van der Waals surface area contributed by atoms with Gasteiger partial charge in [-0.15, -0.1) is 0 Å². The first-order chi connectivity index (χ1) is 9.80. The van der Waals surface area contributed by atoms with E-state index in [-0.39, 0.29) is 0 Å². The Bertz CT molecular complexity index is 592. The van der Waals surface area contributed by atoms with Gasteiger partial charge in [0.15, 0.2) is 0 Å². The van der Waals surface area contributed by atoms with Gasteiger partial charge in [-0.2, -0.15) is 34.8 Å². The Labute approximate surface area is 122 Å². The molecule has 1 N–H and O–H groups in total. The van der Waals surface area contributed by atoms with Gasteiger partial charge in [-0.25, -0.2) is 0 Å². The van der Waals surface area contributed by atoms with E-state index in [0.717, 1.165) is 19.1 Å². The third-order valence-corrected chi connectivity index (χ3v) is 4.74. The molecule has 0 spiro atoms. The Morgan fingerprint density at radius 1 is 1.00 bits per heavy atom. The number of halogens is 6. The highest BCUT2D eigenvalue weighted by molar-refractivity contribution is 7.86. The highest BCUT2D eigenvalue weighted by Crippen LogP contribution is 2.56. The van der Waals surface area contributed by atoms with E-state index >= 15 is 0 Å². The normalized spacial score (nSPS) is 15.6. The molecule has 1 atom stereocenters. The van der Waals surface area contributed by atoms with Crippen LogP contribution in [0.4, 0.5) is 26.3 Å². The first kappa shape index (κ1) is 18.8. The van der Waals surface area contributed by atoms with Gasteiger partial charge < -0.3 is 0 Å². The molecule has 10 heteroatoms. The molecule has 0 radical (unpaired) electrons. The Morgan fingerprint density at radius 3 is 1.68 bits per heavy atom. The van der Waals surface area contributed by atoms with Crippen molar-refractivity contribution < 1.29 is 39.3 Å². The van der Waals surface area contributed by atoms with E-state index in [2.05, 4.69) is 0 Å². The lowest BCUT2D eigenvalue weighted by atomic mass is 9.74. The van der Waals surface area contributed by atoms with E-state index in [1.165, 1.54) is 6.07 Å². The summed E-state index contributed by atoms with van der Waals surface area (Å²) in [6.07, 6.45) is -13.0. The molecule has 1 aromatic carbocycles. The van der Waals surface area contributed by atoms with Gasteiger partial charge in [0.1, 0.15) is 5.25 Å². The number of rotatable bonds is 4. The molecule has 0 aliphatic rings. The van der Waals surface area contributed by atoms with Crippen molar-refractivity contribution in [1.82, 2.24) is 0 Å². The van der Waals surface area contributed by atoms with E-state index in [1.807, 2.05) is 0 Å². The van der Waals surface area contributed by atoms with Crippen molar-refractivity contribution >= 4 is 10.1 Å². The maximum Gasteiger partial charge on any atom is 0.408 e. The van der Waals surface area contributed by atoms with Crippen molar-refractivity contribution in [2.24, 2.45) is 0 Å². The van der Waals surface area contributed by atoms with Crippen LogP contribution in [0.2, 0.25) is 0 Å². The highest BCUT2D eigenvalue weighted by Gasteiger charge is 2.76. The van der Waals surface area contributed by atoms with Crippen LogP contribution < -0.4 is 0 Å². The van der Waals surface area contributed by atoms with Crippen LogP contribution in [-0.4, -0.2) is 30.6 Å². The second kappa shape index (κ2) is 5.73. The maximum absolute atomic E-state index is 13.4. The summed E-state index contributed by atoms with van der Waals surface area (Å²) in [6, 6.07) is 4.12. The van der Waals surface area contributed by atoms with E-state index in [9.17, 15) is 34.8 Å². The van der Waals surface area contributed by atoms with Gasteiger partial charge in [0, 0.05) is 0 Å². The smallest absolute Gasteiger partial charge is 0.285 e. The Hall–Kier alpha value is -1.29. The first-order valence-electron chi connectivity index (χ1n) is 5.95. The summed E-state index contributed by atoms with van der Waals surface area (Å²) in [6.45, 7) is 0.827.